The van der Waals surface area contributed by atoms with Gasteiger partial charge in [-0.1, -0.05) is 11.6 Å². The lowest BCUT2D eigenvalue weighted by molar-refractivity contribution is 0.102. The highest BCUT2D eigenvalue weighted by molar-refractivity contribution is 6.30. The number of nitrogen functional groups attached to an aromatic ring is 1. The molecule has 0 saturated heterocycles. The van der Waals surface area contributed by atoms with Crippen LogP contribution in [0.1, 0.15) is 16.1 Å². The highest BCUT2D eigenvalue weighted by atomic mass is 35.5. The Kier molecular flexibility index (Phi) is 4.16. The summed E-state index contributed by atoms with van der Waals surface area (Å²) in [6.45, 7) is 1.77. The van der Waals surface area contributed by atoms with E-state index >= 15 is 0 Å². The largest absolute Gasteiger partial charge is 0.323 e. The lowest BCUT2D eigenvalue weighted by Crippen LogP contribution is -2.18. The third kappa shape index (κ3) is 3.04. The molecule has 0 radical (unpaired) electrons. The summed E-state index contributed by atoms with van der Waals surface area (Å²) in [5, 5.41) is 2.54. The number of amides is 1. The van der Waals surface area contributed by atoms with Crippen LogP contribution in [0.5, 0.6) is 0 Å². The Balaban J connectivity index is 2.25. The molecule has 1 aromatic heterocycles. The number of pyridine rings is 1. The summed E-state index contributed by atoms with van der Waals surface area (Å²) in [5.41, 5.74) is 4.13. The van der Waals surface area contributed by atoms with E-state index in [1.807, 2.05) is 0 Å². The molecule has 1 aromatic carbocycles. The number of carbonyl (C=O) groups is 1. The monoisotopic (exact) mass is 294 g/mol. The first kappa shape index (κ1) is 14.2. The topological polar surface area (TPSA) is 80.0 Å². The molecule has 0 unspecified atom stereocenters. The number of nitrogens with zero attached hydrogens (tertiary/aromatic N) is 1. The molecule has 0 saturated carbocycles. The van der Waals surface area contributed by atoms with Crippen molar-refractivity contribution in [2.24, 2.45) is 5.84 Å². The van der Waals surface area contributed by atoms with Gasteiger partial charge >= 0.3 is 0 Å². The van der Waals surface area contributed by atoms with Crippen LogP contribution in [0.25, 0.3) is 0 Å². The van der Waals surface area contributed by atoms with Crippen molar-refractivity contribution in [1.82, 2.24) is 4.98 Å². The Morgan fingerprint density at radius 1 is 1.40 bits per heavy atom. The van der Waals surface area contributed by atoms with Crippen molar-refractivity contribution in [3.05, 3.63) is 52.6 Å². The van der Waals surface area contributed by atoms with Gasteiger partial charge in [0.15, 0.2) is 0 Å². The molecule has 0 fully saturated rings. The highest BCUT2D eigenvalue weighted by Gasteiger charge is 2.13. The predicted molar refractivity (Wildman–Crippen MR) is 76.1 cm³/mol. The van der Waals surface area contributed by atoms with Crippen molar-refractivity contribution in [2.45, 2.75) is 6.92 Å². The zero-order valence-electron chi connectivity index (χ0n) is 10.6. The summed E-state index contributed by atoms with van der Waals surface area (Å²) < 4.78 is 13.3. The molecule has 0 spiro atoms. The Morgan fingerprint density at radius 3 is 2.80 bits per heavy atom. The maximum atomic E-state index is 13.3. The second-order valence-electron chi connectivity index (χ2n) is 4.10. The third-order valence-electron chi connectivity index (χ3n) is 2.62. The van der Waals surface area contributed by atoms with Gasteiger partial charge in [0.05, 0.1) is 16.3 Å². The number of rotatable bonds is 3. The molecular formula is C13H12ClFN4O. The summed E-state index contributed by atoms with van der Waals surface area (Å²) in [6.07, 6.45) is 1.39. The van der Waals surface area contributed by atoms with Crippen LogP contribution in [0.3, 0.4) is 0 Å². The molecular weight excluding hydrogens is 283 g/mol. The number of hydrogen-bond donors (Lipinski definition) is 3. The molecule has 0 aliphatic carbocycles. The van der Waals surface area contributed by atoms with Crippen LogP contribution < -0.4 is 16.6 Å². The van der Waals surface area contributed by atoms with E-state index in [9.17, 15) is 9.18 Å². The van der Waals surface area contributed by atoms with Crippen molar-refractivity contribution in [2.75, 3.05) is 10.7 Å². The van der Waals surface area contributed by atoms with Crippen LogP contribution in [-0.4, -0.2) is 10.9 Å². The van der Waals surface area contributed by atoms with E-state index in [-0.39, 0.29) is 10.6 Å². The van der Waals surface area contributed by atoms with E-state index < -0.39 is 11.7 Å². The number of aryl methyl sites for hydroxylation is 1. The second-order valence-corrected chi connectivity index (χ2v) is 4.51. The number of aromatic nitrogens is 1. The first-order valence-electron chi connectivity index (χ1n) is 5.71. The molecule has 104 valence electrons. The number of nitrogens with two attached hydrogens (primary N) is 1. The van der Waals surface area contributed by atoms with Crippen molar-refractivity contribution in [1.29, 1.82) is 0 Å². The van der Waals surface area contributed by atoms with Gasteiger partial charge < -0.3 is 10.7 Å². The van der Waals surface area contributed by atoms with Gasteiger partial charge in [0.2, 0.25) is 0 Å². The van der Waals surface area contributed by atoms with Crippen molar-refractivity contribution in [3.63, 3.8) is 0 Å². The number of nitrogens with one attached hydrogen (secondary N) is 2. The highest BCUT2D eigenvalue weighted by Crippen LogP contribution is 2.21. The normalized spacial score (nSPS) is 10.2. The predicted octanol–water partition coefficient (Wildman–Crippen LogP) is 2.72. The summed E-state index contributed by atoms with van der Waals surface area (Å²) in [7, 11) is 0. The number of hydrogen-bond acceptors (Lipinski definition) is 4. The van der Waals surface area contributed by atoms with Gasteiger partial charge in [-0.3, -0.25) is 15.6 Å². The van der Waals surface area contributed by atoms with E-state index in [2.05, 4.69) is 15.7 Å². The van der Waals surface area contributed by atoms with Gasteiger partial charge in [-0.05, 0) is 31.2 Å². The van der Waals surface area contributed by atoms with Crippen molar-refractivity contribution < 1.29 is 9.18 Å². The van der Waals surface area contributed by atoms with E-state index in [1.165, 1.54) is 18.3 Å². The van der Waals surface area contributed by atoms with Gasteiger partial charge in [-0.15, -0.1) is 0 Å². The fourth-order valence-electron chi connectivity index (χ4n) is 1.63. The van der Waals surface area contributed by atoms with E-state index in [4.69, 9.17) is 17.4 Å². The van der Waals surface area contributed by atoms with Crippen LogP contribution in [0.15, 0.2) is 30.5 Å². The zero-order valence-corrected chi connectivity index (χ0v) is 11.3. The maximum Gasteiger partial charge on any atom is 0.259 e. The minimum Gasteiger partial charge on any atom is -0.323 e. The van der Waals surface area contributed by atoms with Gasteiger partial charge in [-0.2, -0.15) is 0 Å². The summed E-state index contributed by atoms with van der Waals surface area (Å²) in [4.78, 5) is 16.1. The molecule has 0 aliphatic rings. The smallest absolute Gasteiger partial charge is 0.259 e. The third-order valence-corrected chi connectivity index (χ3v) is 2.92. The lowest BCUT2D eigenvalue weighted by Gasteiger charge is -2.10. The number of benzene rings is 1. The van der Waals surface area contributed by atoms with E-state index in [0.29, 0.717) is 17.1 Å². The fourth-order valence-corrected chi connectivity index (χ4v) is 1.75. The fraction of sp³-hybridized carbons (Fsp3) is 0.0769. The molecule has 7 heteroatoms. The number of halogens is 2. The number of anilines is 2. The quantitative estimate of drug-likeness (QED) is 0.600. The van der Waals surface area contributed by atoms with Gasteiger partial charge in [0.1, 0.15) is 5.82 Å². The van der Waals surface area contributed by atoms with E-state index in [0.717, 1.165) is 6.07 Å². The Hall–Kier alpha value is -2.18. The van der Waals surface area contributed by atoms with Crippen LogP contribution >= 0.6 is 11.6 Å². The Labute approximate surface area is 119 Å². The first-order chi connectivity index (χ1) is 9.51. The van der Waals surface area contributed by atoms with Crippen molar-refractivity contribution >= 4 is 28.9 Å². The number of hydrazine groups is 1. The Morgan fingerprint density at radius 2 is 2.15 bits per heavy atom. The Bertz CT molecular complexity index is 663. The molecule has 1 heterocycles. The summed E-state index contributed by atoms with van der Waals surface area (Å²) in [5.74, 6) is 4.30. The molecule has 0 bridgehead atoms. The van der Waals surface area contributed by atoms with E-state index in [1.54, 1.807) is 13.0 Å². The van der Waals surface area contributed by atoms with Crippen LogP contribution in [-0.2, 0) is 0 Å². The average Bonchev–Trinajstić information content (AvgIpc) is 2.42. The molecule has 2 rings (SSSR count). The first-order valence-corrected chi connectivity index (χ1v) is 6.08. The maximum absolute atomic E-state index is 13.3. The molecule has 0 atom stereocenters. The molecule has 0 aliphatic heterocycles. The average molecular weight is 295 g/mol. The van der Waals surface area contributed by atoms with Gasteiger partial charge in [-0.25, -0.2) is 4.39 Å². The van der Waals surface area contributed by atoms with Crippen molar-refractivity contribution in [3.8, 4) is 0 Å². The second kappa shape index (κ2) is 5.85. The SMILES string of the molecule is Cc1cc(NN)c(C(=O)Nc2ccc(Cl)c(F)c2)cn1. The summed E-state index contributed by atoms with van der Waals surface area (Å²) >= 11 is 5.58. The zero-order chi connectivity index (χ0) is 14.7. The van der Waals surface area contributed by atoms with Crippen LogP contribution in [0.4, 0.5) is 15.8 Å². The molecule has 2 aromatic rings. The molecule has 5 nitrogen and oxygen atoms in total. The van der Waals surface area contributed by atoms with Gasteiger partial charge in [0, 0.05) is 17.6 Å². The lowest BCUT2D eigenvalue weighted by atomic mass is 10.2. The standard InChI is InChI=1S/C13H12ClFN4O/c1-7-4-12(19-16)9(6-17-7)13(20)18-8-2-3-10(14)11(15)5-8/h2-6H,16H2,1H3,(H,17,19)(H,18,20). The molecule has 4 N–H and O–H groups in total. The number of carbonyl (C=O) groups excluding carboxylic acids is 1. The van der Waals surface area contributed by atoms with Crippen LogP contribution in [0, 0.1) is 12.7 Å². The minimum absolute atomic E-state index is 0.00989. The minimum atomic E-state index is -0.608. The molecule has 1 amide bonds. The van der Waals surface area contributed by atoms with Gasteiger partial charge in [0.25, 0.3) is 5.91 Å². The molecule has 20 heavy (non-hydrogen) atoms. The van der Waals surface area contributed by atoms with Crippen LogP contribution in [0.2, 0.25) is 5.02 Å². The summed E-state index contributed by atoms with van der Waals surface area (Å²) in [6, 6.07) is 5.64.